The molecular formula is C16H21ClFN. The van der Waals surface area contributed by atoms with Crippen LogP contribution in [0.15, 0.2) is 18.2 Å². The minimum absolute atomic E-state index is 0.224. The van der Waals surface area contributed by atoms with Crippen molar-refractivity contribution < 1.29 is 4.39 Å². The lowest BCUT2D eigenvalue weighted by Gasteiger charge is -2.20. The number of benzene rings is 1. The van der Waals surface area contributed by atoms with Gasteiger partial charge in [0.15, 0.2) is 0 Å². The Kier molecular flexibility index (Phi) is 4.09. The van der Waals surface area contributed by atoms with Crippen LogP contribution in [0, 0.1) is 17.7 Å². The summed E-state index contributed by atoms with van der Waals surface area (Å²) in [6.07, 6.45) is 7.60. The first kappa shape index (κ1) is 13.4. The lowest BCUT2D eigenvalue weighted by Crippen LogP contribution is -2.27. The molecule has 0 spiro atoms. The van der Waals surface area contributed by atoms with Gasteiger partial charge in [0.25, 0.3) is 0 Å². The largest absolute Gasteiger partial charge is 0.314 e. The van der Waals surface area contributed by atoms with Crippen LogP contribution in [0.3, 0.4) is 0 Å². The smallest absolute Gasteiger partial charge is 0.142 e. The topological polar surface area (TPSA) is 12.0 Å². The third-order valence-electron chi connectivity index (χ3n) is 4.54. The molecule has 0 aromatic heterocycles. The Balaban J connectivity index is 1.58. The van der Waals surface area contributed by atoms with Crippen LogP contribution in [0.4, 0.5) is 4.39 Å². The molecule has 0 heterocycles. The summed E-state index contributed by atoms with van der Waals surface area (Å²) in [6.45, 7) is 1.14. The van der Waals surface area contributed by atoms with Gasteiger partial charge in [-0.2, -0.15) is 0 Å². The van der Waals surface area contributed by atoms with Crippen molar-refractivity contribution in [1.82, 2.24) is 5.32 Å². The number of rotatable bonds is 5. The molecule has 19 heavy (non-hydrogen) atoms. The van der Waals surface area contributed by atoms with E-state index >= 15 is 0 Å². The number of hydrogen-bond donors (Lipinski definition) is 1. The molecule has 0 aliphatic heterocycles. The van der Waals surface area contributed by atoms with Crippen molar-refractivity contribution in [3.8, 4) is 0 Å². The van der Waals surface area contributed by atoms with E-state index in [1.165, 1.54) is 32.1 Å². The molecule has 0 radical (unpaired) electrons. The highest BCUT2D eigenvalue weighted by atomic mass is 35.5. The Morgan fingerprint density at radius 2 is 1.95 bits per heavy atom. The highest BCUT2D eigenvalue weighted by molar-refractivity contribution is 6.30. The predicted octanol–water partition coefficient (Wildman–Crippen LogP) is 4.19. The van der Waals surface area contributed by atoms with Crippen molar-refractivity contribution in [2.75, 3.05) is 6.54 Å². The minimum Gasteiger partial charge on any atom is -0.314 e. The van der Waals surface area contributed by atoms with Crippen LogP contribution >= 0.6 is 11.6 Å². The normalized spacial score (nSPS) is 26.8. The third-order valence-corrected chi connectivity index (χ3v) is 4.85. The van der Waals surface area contributed by atoms with Gasteiger partial charge in [-0.25, -0.2) is 4.39 Å². The summed E-state index contributed by atoms with van der Waals surface area (Å²) >= 11 is 5.73. The fourth-order valence-corrected chi connectivity index (χ4v) is 3.34. The lowest BCUT2D eigenvalue weighted by atomic mass is 9.89. The highest BCUT2D eigenvalue weighted by Gasteiger charge is 2.29. The van der Waals surface area contributed by atoms with Crippen LogP contribution in [0.1, 0.15) is 37.7 Å². The van der Waals surface area contributed by atoms with Crippen LogP contribution in [-0.2, 0) is 6.42 Å². The Morgan fingerprint density at radius 3 is 2.68 bits per heavy atom. The molecule has 2 aliphatic carbocycles. The van der Waals surface area contributed by atoms with Gasteiger partial charge >= 0.3 is 0 Å². The molecule has 1 nitrogen and oxygen atoms in total. The van der Waals surface area contributed by atoms with Crippen LogP contribution in [-0.4, -0.2) is 12.6 Å². The molecule has 104 valence electrons. The first-order valence-electron chi connectivity index (χ1n) is 7.39. The van der Waals surface area contributed by atoms with Gasteiger partial charge in [0.1, 0.15) is 5.82 Å². The van der Waals surface area contributed by atoms with Gasteiger partial charge in [0.05, 0.1) is 5.02 Å². The average Bonchev–Trinajstić information content (AvgIpc) is 3.12. The van der Waals surface area contributed by atoms with Gasteiger partial charge in [0.2, 0.25) is 0 Å². The molecule has 2 fully saturated rings. The standard InChI is InChI=1S/C16H21ClFN/c17-15-7-4-11(9-16(15)18)8-12-2-1-3-13(12)10-19-14-5-6-14/h4,7,9,12-14,19H,1-3,5-6,8,10H2. The van der Waals surface area contributed by atoms with Crippen molar-refractivity contribution in [1.29, 1.82) is 0 Å². The lowest BCUT2D eigenvalue weighted by molar-refractivity contribution is 0.363. The molecular weight excluding hydrogens is 261 g/mol. The van der Waals surface area contributed by atoms with Crippen molar-refractivity contribution in [2.45, 2.75) is 44.6 Å². The van der Waals surface area contributed by atoms with Crippen molar-refractivity contribution >= 4 is 11.6 Å². The Labute approximate surface area is 119 Å². The minimum atomic E-state index is -0.287. The molecule has 1 N–H and O–H groups in total. The maximum Gasteiger partial charge on any atom is 0.142 e. The van der Waals surface area contributed by atoms with Gasteiger partial charge < -0.3 is 5.32 Å². The third kappa shape index (κ3) is 3.49. The van der Waals surface area contributed by atoms with Crippen molar-refractivity contribution in [2.24, 2.45) is 11.8 Å². The first-order chi connectivity index (χ1) is 9.22. The van der Waals surface area contributed by atoms with E-state index in [0.29, 0.717) is 5.92 Å². The Hall–Kier alpha value is -0.600. The second-order valence-electron chi connectivity index (χ2n) is 6.09. The zero-order chi connectivity index (χ0) is 13.2. The molecule has 0 saturated heterocycles. The highest BCUT2D eigenvalue weighted by Crippen LogP contribution is 2.35. The van der Waals surface area contributed by atoms with Crippen molar-refractivity contribution in [3.05, 3.63) is 34.6 Å². The summed E-state index contributed by atoms with van der Waals surface area (Å²) in [5.41, 5.74) is 1.09. The molecule has 0 amide bonds. The van der Waals surface area contributed by atoms with E-state index in [-0.39, 0.29) is 10.8 Å². The molecule has 3 heteroatoms. The SMILES string of the molecule is Fc1cc(CC2CCCC2CNC2CC2)ccc1Cl. The van der Waals surface area contributed by atoms with Crippen LogP contribution in [0.25, 0.3) is 0 Å². The zero-order valence-electron chi connectivity index (χ0n) is 11.2. The van der Waals surface area contributed by atoms with E-state index < -0.39 is 0 Å². The van der Waals surface area contributed by atoms with E-state index in [4.69, 9.17) is 11.6 Å². The van der Waals surface area contributed by atoms with Crippen LogP contribution in [0.5, 0.6) is 0 Å². The Morgan fingerprint density at radius 1 is 1.16 bits per heavy atom. The molecule has 0 bridgehead atoms. The van der Waals surface area contributed by atoms with Crippen LogP contribution < -0.4 is 5.32 Å². The van der Waals surface area contributed by atoms with Gasteiger partial charge in [0, 0.05) is 6.04 Å². The average molecular weight is 282 g/mol. The second kappa shape index (κ2) is 5.80. The summed E-state index contributed by atoms with van der Waals surface area (Å²) in [7, 11) is 0. The fraction of sp³-hybridized carbons (Fsp3) is 0.625. The summed E-state index contributed by atoms with van der Waals surface area (Å²) in [6, 6.07) is 6.04. The molecule has 2 aliphatic rings. The molecule has 1 aromatic rings. The Bertz CT molecular complexity index is 444. The van der Waals surface area contributed by atoms with E-state index in [1.54, 1.807) is 12.1 Å². The summed E-state index contributed by atoms with van der Waals surface area (Å²) < 4.78 is 13.5. The second-order valence-corrected chi connectivity index (χ2v) is 6.49. The van der Waals surface area contributed by atoms with E-state index in [0.717, 1.165) is 30.5 Å². The maximum absolute atomic E-state index is 13.5. The van der Waals surface area contributed by atoms with Gasteiger partial charge in [-0.05, 0) is 68.2 Å². The van der Waals surface area contributed by atoms with E-state index in [1.807, 2.05) is 6.07 Å². The van der Waals surface area contributed by atoms with E-state index in [9.17, 15) is 4.39 Å². The molecule has 2 unspecified atom stereocenters. The molecule has 1 aromatic carbocycles. The van der Waals surface area contributed by atoms with Gasteiger partial charge in [-0.1, -0.05) is 24.1 Å². The fourth-order valence-electron chi connectivity index (χ4n) is 3.23. The quantitative estimate of drug-likeness (QED) is 0.853. The number of hydrogen-bond acceptors (Lipinski definition) is 1. The molecule has 2 saturated carbocycles. The van der Waals surface area contributed by atoms with Gasteiger partial charge in [-0.15, -0.1) is 0 Å². The van der Waals surface area contributed by atoms with Gasteiger partial charge in [-0.3, -0.25) is 0 Å². The van der Waals surface area contributed by atoms with Crippen molar-refractivity contribution in [3.63, 3.8) is 0 Å². The predicted molar refractivity (Wildman–Crippen MR) is 77.0 cm³/mol. The number of halogens is 2. The number of nitrogens with one attached hydrogen (secondary N) is 1. The maximum atomic E-state index is 13.5. The zero-order valence-corrected chi connectivity index (χ0v) is 11.9. The summed E-state index contributed by atoms with van der Waals surface area (Å²) in [4.78, 5) is 0. The summed E-state index contributed by atoms with van der Waals surface area (Å²) in [5.74, 6) is 1.18. The van der Waals surface area contributed by atoms with E-state index in [2.05, 4.69) is 5.32 Å². The first-order valence-corrected chi connectivity index (χ1v) is 7.77. The van der Waals surface area contributed by atoms with Crippen LogP contribution in [0.2, 0.25) is 5.02 Å². The monoisotopic (exact) mass is 281 g/mol. The summed E-state index contributed by atoms with van der Waals surface area (Å²) in [5, 5.41) is 3.86. The molecule has 2 atom stereocenters. The molecule has 3 rings (SSSR count).